The fraction of sp³-hybridized carbons (Fsp3) is 0.391. The number of hydrogen-bond acceptors (Lipinski definition) is 7. The lowest BCUT2D eigenvalue weighted by atomic mass is 10.2. The smallest absolute Gasteiger partial charge is 0.237 e. The summed E-state index contributed by atoms with van der Waals surface area (Å²) in [5.74, 6) is 0.761. The number of carbonyl (C=O) groups excluding carboxylic acids is 1. The van der Waals surface area contributed by atoms with Crippen LogP contribution in [-0.4, -0.2) is 57.2 Å². The molecule has 1 N–H and O–H groups in total. The number of thioether (sulfide) groups is 1. The quantitative estimate of drug-likeness (QED) is 0.550. The van der Waals surface area contributed by atoms with Crippen molar-refractivity contribution in [2.24, 2.45) is 0 Å². The first-order valence-electron chi connectivity index (χ1n) is 10.9. The average Bonchev–Trinajstić information content (AvgIpc) is 3.60. The van der Waals surface area contributed by atoms with Crippen LogP contribution in [0.4, 0.5) is 11.4 Å². The van der Waals surface area contributed by atoms with Gasteiger partial charge >= 0.3 is 0 Å². The Balaban J connectivity index is 1.25. The Kier molecular flexibility index (Phi) is 6.09. The molecule has 1 saturated heterocycles. The molecule has 166 valence electrons. The van der Waals surface area contributed by atoms with E-state index in [1.54, 1.807) is 12.4 Å². The highest BCUT2D eigenvalue weighted by atomic mass is 32.2. The fourth-order valence-electron chi connectivity index (χ4n) is 3.74. The Bertz CT molecular complexity index is 1060. The number of aromatic nitrogens is 4. The zero-order chi connectivity index (χ0) is 21.9. The highest BCUT2D eigenvalue weighted by Gasteiger charge is 2.31. The third-order valence-electron chi connectivity index (χ3n) is 5.66. The second-order valence-electron chi connectivity index (χ2n) is 8.04. The van der Waals surface area contributed by atoms with Gasteiger partial charge in [-0.05, 0) is 56.2 Å². The monoisotopic (exact) mass is 450 g/mol. The van der Waals surface area contributed by atoms with E-state index in [2.05, 4.69) is 30.0 Å². The summed E-state index contributed by atoms with van der Waals surface area (Å²) in [7, 11) is 0. The zero-order valence-electron chi connectivity index (χ0n) is 18.0. The van der Waals surface area contributed by atoms with Gasteiger partial charge in [0.15, 0.2) is 11.0 Å². The molecule has 0 radical (unpaired) electrons. The van der Waals surface area contributed by atoms with Crippen LogP contribution in [0.2, 0.25) is 0 Å². The molecule has 5 rings (SSSR count). The van der Waals surface area contributed by atoms with Crippen LogP contribution in [0.5, 0.6) is 0 Å². The number of amides is 1. The summed E-state index contributed by atoms with van der Waals surface area (Å²) in [5.41, 5.74) is 2.88. The molecule has 0 unspecified atom stereocenters. The van der Waals surface area contributed by atoms with Gasteiger partial charge in [0.25, 0.3) is 0 Å². The number of nitrogens with one attached hydrogen (secondary N) is 1. The van der Waals surface area contributed by atoms with Gasteiger partial charge in [0.1, 0.15) is 0 Å². The summed E-state index contributed by atoms with van der Waals surface area (Å²) in [6, 6.07) is 12.3. The molecule has 3 aromatic rings. The van der Waals surface area contributed by atoms with E-state index in [4.69, 9.17) is 4.74 Å². The second-order valence-corrected chi connectivity index (χ2v) is 9.35. The van der Waals surface area contributed by atoms with Crippen LogP contribution < -0.4 is 10.2 Å². The van der Waals surface area contributed by atoms with E-state index < -0.39 is 0 Å². The Morgan fingerprint density at radius 2 is 1.94 bits per heavy atom. The van der Waals surface area contributed by atoms with E-state index >= 15 is 0 Å². The van der Waals surface area contributed by atoms with E-state index in [9.17, 15) is 4.79 Å². The molecule has 2 aliphatic rings. The van der Waals surface area contributed by atoms with E-state index in [1.165, 1.54) is 11.8 Å². The lowest BCUT2D eigenvalue weighted by Gasteiger charge is -2.28. The summed E-state index contributed by atoms with van der Waals surface area (Å²) < 4.78 is 7.57. The molecular weight excluding hydrogens is 424 g/mol. The molecule has 32 heavy (non-hydrogen) atoms. The number of ether oxygens (including phenoxy) is 1. The Morgan fingerprint density at radius 3 is 2.62 bits per heavy atom. The van der Waals surface area contributed by atoms with Gasteiger partial charge in [0.05, 0.1) is 18.5 Å². The molecule has 1 aromatic carbocycles. The summed E-state index contributed by atoms with van der Waals surface area (Å²) in [4.78, 5) is 19.3. The van der Waals surface area contributed by atoms with Gasteiger partial charge in [-0.2, -0.15) is 0 Å². The number of anilines is 2. The van der Waals surface area contributed by atoms with Crippen LogP contribution in [0.3, 0.4) is 0 Å². The number of rotatable bonds is 7. The minimum Gasteiger partial charge on any atom is -0.378 e. The van der Waals surface area contributed by atoms with E-state index in [0.717, 1.165) is 67.1 Å². The van der Waals surface area contributed by atoms with Crippen molar-refractivity contribution in [3.05, 3.63) is 48.8 Å². The third-order valence-corrected chi connectivity index (χ3v) is 6.72. The van der Waals surface area contributed by atoms with E-state index in [0.29, 0.717) is 6.04 Å². The van der Waals surface area contributed by atoms with Crippen LogP contribution in [-0.2, 0) is 9.53 Å². The van der Waals surface area contributed by atoms with Crippen LogP contribution in [0, 0.1) is 0 Å². The number of pyridine rings is 1. The van der Waals surface area contributed by atoms with Crippen LogP contribution >= 0.6 is 11.8 Å². The van der Waals surface area contributed by atoms with Crippen molar-refractivity contribution in [2.75, 3.05) is 36.5 Å². The maximum absolute atomic E-state index is 12.9. The Morgan fingerprint density at radius 1 is 1.16 bits per heavy atom. The topological polar surface area (TPSA) is 85.2 Å². The van der Waals surface area contributed by atoms with Crippen molar-refractivity contribution in [3.8, 4) is 11.4 Å². The van der Waals surface area contributed by atoms with Gasteiger partial charge in [-0.25, -0.2) is 0 Å². The molecule has 1 aliphatic carbocycles. The van der Waals surface area contributed by atoms with Crippen molar-refractivity contribution in [2.45, 2.75) is 36.2 Å². The number of morpholine rings is 1. The maximum Gasteiger partial charge on any atom is 0.237 e. The Labute approximate surface area is 191 Å². The second kappa shape index (κ2) is 9.30. The van der Waals surface area contributed by atoms with Crippen molar-refractivity contribution in [1.82, 2.24) is 19.7 Å². The van der Waals surface area contributed by atoms with Gasteiger partial charge in [0, 0.05) is 48.5 Å². The lowest BCUT2D eigenvalue weighted by molar-refractivity contribution is -0.115. The molecule has 1 saturated carbocycles. The summed E-state index contributed by atoms with van der Waals surface area (Å²) in [5, 5.41) is 12.3. The van der Waals surface area contributed by atoms with Gasteiger partial charge in [-0.3, -0.25) is 14.3 Å². The number of carbonyl (C=O) groups is 1. The van der Waals surface area contributed by atoms with E-state index in [1.807, 2.05) is 43.3 Å². The van der Waals surface area contributed by atoms with Gasteiger partial charge in [0.2, 0.25) is 5.91 Å². The molecule has 9 heteroatoms. The molecule has 3 heterocycles. The van der Waals surface area contributed by atoms with Crippen molar-refractivity contribution < 1.29 is 9.53 Å². The normalized spacial score (nSPS) is 17.2. The highest BCUT2D eigenvalue weighted by Crippen LogP contribution is 2.41. The SMILES string of the molecule is C[C@H](Sc1nnc(-c2cccnc2)n1C1CC1)C(=O)Nc1ccc(N2CCOCC2)cc1. The molecule has 2 fully saturated rings. The summed E-state index contributed by atoms with van der Waals surface area (Å²) in [6.07, 6.45) is 5.76. The van der Waals surface area contributed by atoms with Crippen LogP contribution in [0.1, 0.15) is 25.8 Å². The molecule has 1 amide bonds. The molecular formula is C23H26N6O2S. The van der Waals surface area contributed by atoms with Crippen molar-refractivity contribution >= 4 is 29.0 Å². The van der Waals surface area contributed by atoms with E-state index in [-0.39, 0.29) is 11.2 Å². The number of hydrogen-bond donors (Lipinski definition) is 1. The van der Waals surface area contributed by atoms with Gasteiger partial charge in [-0.15, -0.1) is 10.2 Å². The molecule has 0 bridgehead atoms. The van der Waals surface area contributed by atoms with Crippen molar-refractivity contribution in [1.29, 1.82) is 0 Å². The first kappa shape index (κ1) is 21.0. The van der Waals surface area contributed by atoms with Crippen LogP contribution in [0.25, 0.3) is 11.4 Å². The minimum absolute atomic E-state index is 0.0533. The number of benzene rings is 1. The van der Waals surface area contributed by atoms with Gasteiger partial charge < -0.3 is 15.0 Å². The molecule has 1 atom stereocenters. The minimum atomic E-state index is -0.308. The summed E-state index contributed by atoms with van der Waals surface area (Å²) in [6.45, 7) is 5.18. The Hall–Kier alpha value is -2.91. The van der Waals surface area contributed by atoms with Gasteiger partial charge in [-0.1, -0.05) is 11.8 Å². The molecule has 2 aromatic heterocycles. The largest absolute Gasteiger partial charge is 0.378 e. The first-order valence-corrected chi connectivity index (χ1v) is 11.8. The highest BCUT2D eigenvalue weighted by molar-refractivity contribution is 8.00. The average molecular weight is 451 g/mol. The summed E-state index contributed by atoms with van der Waals surface area (Å²) >= 11 is 1.44. The van der Waals surface area contributed by atoms with Crippen LogP contribution in [0.15, 0.2) is 53.9 Å². The number of nitrogens with zero attached hydrogens (tertiary/aromatic N) is 5. The predicted molar refractivity (Wildman–Crippen MR) is 125 cm³/mol. The zero-order valence-corrected chi connectivity index (χ0v) is 18.8. The molecule has 8 nitrogen and oxygen atoms in total. The maximum atomic E-state index is 12.9. The molecule has 1 aliphatic heterocycles. The lowest BCUT2D eigenvalue weighted by Crippen LogP contribution is -2.36. The fourth-order valence-corrected chi connectivity index (χ4v) is 4.66. The first-order chi connectivity index (χ1) is 15.7. The third kappa shape index (κ3) is 4.63. The van der Waals surface area contributed by atoms with Crippen molar-refractivity contribution in [3.63, 3.8) is 0 Å². The molecule has 0 spiro atoms. The predicted octanol–water partition coefficient (Wildman–Crippen LogP) is 3.63. The standard InChI is InChI=1S/C23H26N6O2S/c1-16(22(30)25-18-4-6-19(7-5-18)28-11-13-31-14-12-28)32-23-27-26-21(29(23)20-8-9-20)17-3-2-10-24-15-17/h2-7,10,15-16,20H,8-9,11-14H2,1H3,(H,25,30)/t16-/m0/s1.